The Kier molecular flexibility index (Phi) is 4.02. The normalized spacial score (nSPS) is 23.1. The summed E-state index contributed by atoms with van der Waals surface area (Å²) in [7, 11) is 0. The maximum atomic E-state index is 13.5. The number of carbonyl (C=O) groups is 1. The van der Waals surface area contributed by atoms with E-state index in [0.29, 0.717) is 22.6 Å². The highest BCUT2D eigenvalue weighted by molar-refractivity contribution is 9.10. The highest BCUT2D eigenvalue weighted by Crippen LogP contribution is 2.25. The molecule has 0 radical (unpaired) electrons. The first-order chi connectivity index (χ1) is 8.49. The molecule has 1 aromatic carbocycles. The highest BCUT2D eigenvalue weighted by Gasteiger charge is 2.29. The summed E-state index contributed by atoms with van der Waals surface area (Å²) in [6, 6.07) is 3.02. The van der Waals surface area contributed by atoms with Gasteiger partial charge in [0.15, 0.2) is 0 Å². The predicted molar refractivity (Wildman–Crippen MR) is 73.0 cm³/mol. The van der Waals surface area contributed by atoms with Crippen LogP contribution < -0.4 is 10.6 Å². The van der Waals surface area contributed by atoms with Crippen molar-refractivity contribution < 1.29 is 9.18 Å². The summed E-state index contributed by atoms with van der Waals surface area (Å²) in [6.07, 6.45) is 0. The van der Waals surface area contributed by atoms with Crippen molar-refractivity contribution in [3.05, 3.63) is 28.0 Å². The molecule has 1 fully saturated rings. The van der Waals surface area contributed by atoms with E-state index in [1.165, 1.54) is 6.07 Å². The van der Waals surface area contributed by atoms with Crippen LogP contribution in [-0.4, -0.2) is 19.0 Å². The number of rotatable bonds is 2. The van der Waals surface area contributed by atoms with Crippen LogP contribution in [0.5, 0.6) is 0 Å². The van der Waals surface area contributed by atoms with Crippen LogP contribution in [0, 0.1) is 24.6 Å². The quantitative estimate of drug-likeness (QED) is 0.881. The molecule has 0 saturated carbocycles. The minimum absolute atomic E-state index is 0.0441. The van der Waals surface area contributed by atoms with E-state index >= 15 is 0 Å². The topological polar surface area (TPSA) is 41.1 Å². The zero-order chi connectivity index (χ0) is 13.3. The van der Waals surface area contributed by atoms with Gasteiger partial charge in [-0.15, -0.1) is 0 Å². The molecule has 0 bridgehead atoms. The first-order valence-corrected chi connectivity index (χ1v) is 6.75. The molecule has 1 amide bonds. The summed E-state index contributed by atoms with van der Waals surface area (Å²) >= 11 is 3.12. The molecule has 1 saturated heterocycles. The maximum Gasteiger partial charge on any atom is 0.229 e. The molecular formula is C13H16BrFN2O. The Morgan fingerprint density at radius 3 is 2.83 bits per heavy atom. The van der Waals surface area contributed by atoms with E-state index in [0.717, 1.165) is 12.1 Å². The summed E-state index contributed by atoms with van der Waals surface area (Å²) in [6.45, 7) is 5.42. The van der Waals surface area contributed by atoms with Crippen LogP contribution in [0.4, 0.5) is 10.1 Å². The number of halogens is 2. The fourth-order valence-electron chi connectivity index (χ4n) is 2.17. The number of anilines is 1. The number of hydrogen-bond acceptors (Lipinski definition) is 2. The molecule has 1 aliphatic heterocycles. The van der Waals surface area contributed by atoms with Crippen LogP contribution in [0.25, 0.3) is 0 Å². The molecule has 2 unspecified atom stereocenters. The van der Waals surface area contributed by atoms with Crippen molar-refractivity contribution in [1.82, 2.24) is 5.32 Å². The predicted octanol–water partition coefficient (Wildman–Crippen LogP) is 2.69. The number of benzene rings is 1. The third-order valence-corrected chi connectivity index (χ3v) is 3.99. The van der Waals surface area contributed by atoms with E-state index in [4.69, 9.17) is 0 Å². The Bertz CT molecular complexity index is 478. The van der Waals surface area contributed by atoms with Crippen LogP contribution in [0.1, 0.15) is 12.5 Å². The number of carbonyl (C=O) groups excluding carboxylic acids is 1. The lowest BCUT2D eigenvalue weighted by Crippen LogP contribution is -2.28. The standard InChI is InChI=1S/C13H16BrFN2O/c1-7-3-10(14)11(15)4-12(7)17-13(18)9-6-16-5-8(9)2/h3-4,8-9,16H,5-6H2,1-2H3,(H,17,18). The van der Waals surface area contributed by atoms with E-state index < -0.39 is 0 Å². The molecule has 2 N–H and O–H groups in total. The van der Waals surface area contributed by atoms with Crippen LogP contribution in [0.3, 0.4) is 0 Å². The van der Waals surface area contributed by atoms with Crippen molar-refractivity contribution in [2.45, 2.75) is 13.8 Å². The third kappa shape index (κ3) is 2.72. The lowest BCUT2D eigenvalue weighted by atomic mass is 9.97. The maximum absolute atomic E-state index is 13.5. The van der Waals surface area contributed by atoms with Crippen LogP contribution in [0.2, 0.25) is 0 Å². The van der Waals surface area contributed by atoms with Gasteiger partial charge < -0.3 is 10.6 Å². The fraction of sp³-hybridized carbons (Fsp3) is 0.462. The van der Waals surface area contributed by atoms with E-state index in [1.807, 2.05) is 13.8 Å². The molecule has 98 valence electrons. The van der Waals surface area contributed by atoms with Gasteiger partial charge in [-0.1, -0.05) is 6.92 Å². The fourth-order valence-corrected chi connectivity index (χ4v) is 2.63. The Morgan fingerprint density at radius 1 is 1.50 bits per heavy atom. The SMILES string of the molecule is Cc1cc(Br)c(F)cc1NC(=O)C1CNCC1C. The van der Waals surface area contributed by atoms with Gasteiger partial charge in [-0.05, 0) is 53.0 Å². The van der Waals surface area contributed by atoms with Gasteiger partial charge in [-0.3, -0.25) is 4.79 Å². The van der Waals surface area contributed by atoms with Crippen molar-refractivity contribution in [2.24, 2.45) is 11.8 Å². The smallest absolute Gasteiger partial charge is 0.229 e. The number of nitrogens with one attached hydrogen (secondary N) is 2. The van der Waals surface area contributed by atoms with Crippen molar-refractivity contribution >= 4 is 27.5 Å². The molecule has 3 nitrogen and oxygen atoms in total. The summed E-state index contributed by atoms with van der Waals surface area (Å²) in [5, 5.41) is 5.99. The van der Waals surface area contributed by atoms with E-state index in [9.17, 15) is 9.18 Å². The Balaban J connectivity index is 2.14. The van der Waals surface area contributed by atoms with Gasteiger partial charge in [0, 0.05) is 12.2 Å². The number of aryl methyl sites for hydroxylation is 1. The average Bonchev–Trinajstić information content (AvgIpc) is 2.72. The molecule has 0 aromatic heterocycles. The summed E-state index contributed by atoms with van der Waals surface area (Å²) in [4.78, 5) is 12.1. The minimum Gasteiger partial charge on any atom is -0.325 e. The lowest BCUT2D eigenvalue weighted by Gasteiger charge is -2.15. The summed E-state index contributed by atoms with van der Waals surface area (Å²) < 4.78 is 13.9. The first kappa shape index (κ1) is 13.5. The van der Waals surface area contributed by atoms with Gasteiger partial charge in [-0.2, -0.15) is 0 Å². The highest BCUT2D eigenvalue weighted by atomic mass is 79.9. The van der Waals surface area contributed by atoms with E-state index in [-0.39, 0.29) is 17.6 Å². The van der Waals surface area contributed by atoms with Gasteiger partial charge in [0.05, 0.1) is 10.4 Å². The van der Waals surface area contributed by atoms with E-state index in [2.05, 4.69) is 26.6 Å². The first-order valence-electron chi connectivity index (χ1n) is 5.96. The second-order valence-electron chi connectivity index (χ2n) is 4.81. The molecule has 0 spiro atoms. The molecule has 1 heterocycles. The number of hydrogen-bond donors (Lipinski definition) is 2. The second-order valence-corrected chi connectivity index (χ2v) is 5.67. The second kappa shape index (κ2) is 5.36. The molecular weight excluding hydrogens is 299 g/mol. The van der Waals surface area contributed by atoms with Gasteiger partial charge in [0.1, 0.15) is 5.82 Å². The van der Waals surface area contributed by atoms with Crippen LogP contribution >= 0.6 is 15.9 Å². The molecule has 1 aromatic rings. The van der Waals surface area contributed by atoms with Crippen molar-refractivity contribution in [2.75, 3.05) is 18.4 Å². The zero-order valence-electron chi connectivity index (χ0n) is 10.4. The molecule has 2 rings (SSSR count). The van der Waals surface area contributed by atoms with Crippen LogP contribution in [-0.2, 0) is 4.79 Å². The minimum atomic E-state index is -0.367. The van der Waals surface area contributed by atoms with Crippen LogP contribution in [0.15, 0.2) is 16.6 Å². The Hall–Kier alpha value is -0.940. The van der Waals surface area contributed by atoms with Gasteiger partial charge >= 0.3 is 0 Å². The molecule has 2 atom stereocenters. The third-order valence-electron chi connectivity index (χ3n) is 3.38. The van der Waals surface area contributed by atoms with Crippen molar-refractivity contribution in [1.29, 1.82) is 0 Å². The van der Waals surface area contributed by atoms with Crippen molar-refractivity contribution in [3.63, 3.8) is 0 Å². The summed E-state index contributed by atoms with van der Waals surface area (Å²) in [5.74, 6) is -0.146. The molecule has 0 aliphatic carbocycles. The van der Waals surface area contributed by atoms with E-state index in [1.54, 1.807) is 6.07 Å². The molecule has 1 aliphatic rings. The Labute approximate surface area is 114 Å². The monoisotopic (exact) mass is 314 g/mol. The zero-order valence-corrected chi connectivity index (χ0v) is 12.0. The average molecular weight is 315 g/mol. The Morgan fingerprint density at radius 2 is 2.22 bits per heavy atom. The van der Waals surface area contributed by atoms with Crippen molar-refractivity contribution in [3.8, 4) is 0 Å². The van der Waals surface area contributed by atoms with Gasteiger partial charge in [0.2, 0.25) is 5.91 Å². The van der Waals surface area contributed by atoms with Gasteiger partial charge in [0.25, 0.3) is 0 Å². The largest absolute Gasteiger partial charge is 0.325 e. The molecule has 5 heteroatoms. The summed E-state index contributed by atoms with van der Waals surface area (Å²) in [5.41, 5.74) is 1.38. The van der Waals surface area contributed by atoms with Gasteiger partial charge in [-0.25, -0.2) is 4.39 Å². The number of amides is 1. The lowest BCUT2D eigenvalue weighted by molar-refractivity contribution is -0.120. The molecule has 18 heavy (non-hydrogen) atoms.